The Hall–Kier alpha value is -5.99. The van der Waals surface area contributed by atoms with E-state index >= 15 is 0 Å². The molecule has 14 heteroatoms. The van der Waals surface area contributed by atoms with Crippen LogP contribution in [0.25, 0.3) is 0 Å². The molecule has 2 aliphatic rings. The molecular formula is C45H50O14. The summed E-state index contributed by atoms with van der Waals surface area (Å²) in [4.78, 5) is 60.8. The van der Waals surface area contributed by atoms with Gasteiger partial charge < -0.3 is 42.6 Å². The number of unbranched alkanes of at least 4 members (excludes halogenated alkanes) is 6. The molecule has 314 valence electrons. The van der Waals surface area contributed by atoms with Crippen molar-refractivity contribution in [1.29, 1.82) is 0 Å². The van der Waals surface area contributed by atoms with E-state index in [0.717, 1.165) is 63.5 Å². The Balaban J connectivity index is 0.969. The van der Waals surface area contributed by atoms with Crippen LogP contribution in [0.3, 0.4) is 0 Å². The maximum absolute atomic E-state index is 13.0. The minimum atomic E-state index is -0.715. The molecule has 0 N–H and O–H groups in total. The van der Waals surface area contributed by atoms with Crippen molar-refractivity contribution in [3.8, 4) is 17.2 Å². The Morgan fingerprint density at radius 1 is 0.492 bits per heavy atom. The molecule has 0 spiro atoms. The minimum Gasteiger partial charge on any atom is -0.494 e. The maximum atomic E-state index is 13.0. The minimum absolute atomic E-state index is 0.0695. The molecule has 3 aromatic rings. The molecule has 2 heterocycles. The van der Waals surface area contributed by atoms with Gasteiger partial charge in [-0.25, -0.2) is 24.0 Å². The lowest BCUT2D eigenvalue weighted by Gasteiger charge is -2.17. The van der Waals surface area contributed by atoms with E-state index in [1.807, 2.05) is 0 Å². The van der Waals surface area contributed by atoms with E-state index in [-0.39, 0.29) is 24.5 Å². The van der Waals surface area contributed by atoms with Crippen LogP contribution >= 0.6 is 0 Å². The van der Waals surface area contributed by atoms with Crippen molar-refractivity contribution in [3.63, 3.8) is 0 Å². The molecule has 5 rings (SSSR count). The van der Waals surface area contributed by atoms with Crippen LogP contribution in [0.1, 0.15) is 82.4 Å². The van der Waals surface area contributed by atoms with Crippen LogP contribution in [0.4, 0.5) is 0 Å². The Bertz CT molecular complexity index is 1850. The third-order valence-electron chi connectivity index (χ3n) is 9.40. The summed E-state index contributed by atoms with van der Waals surface area (Å²) in [5, 5.41) is 0. The fraction of sp³-hybridized carbons (Fsp3) is 0.400. The Morgan fingerprint density at radius 3 is 1.24 bits per heavy atom. The summed E-state index contributed by atoms with van der Waals surface area (Å²) in [6, 6.07) is 19.3. The van der Waals surface area contributed by atoms with Crippen LogP contribution in [-0.4, -0.2) is 93.9 Å². The molecule has 0 aliphatic carbocycles. The van der Waals surface area contributed by atoms with Gasteiger partial charge in [0.05, 0.1) is 56.3 Å². The van der Waals surface area contributed by atoms with Crippen molar-refractivity contribution < 1.29 is 66.6 Å². The number of ether oxygens (including phenoxy) is 9. The Morgan fingerprint density at radius 2 is 0.847 bits per heavy atom. The van der Waals surface area contributed by atoms with Gasteiger partial charge in [0.1, 0.15) is 29.5 Å². The highest BCUT2D eigenvalue weighted by atomic mass is 16.7. The summed E-state index contributed by atoms with van der Waals surface area (Å²) >= 11 is 0. The summed E-state index contributed by atoms with van der Waals surface area (Å²) in [5.41, 5.74) is 0.912. The summed E-state index contributed by atoms with van der Waals surface area (Å²) in [5.74, 6) is -1.06. The molecule has 2 saturated heterocycles. The Labute approximate surface area is 343 Å². The quantitative estimate of drug-likeness (QED) is 0.0305. The number of hydrogen-bond donors (Lipinski definition) is 0. The van der Waals surface area contributed by atoms with Gasteiger partial charge in [-0.3, -0.25) is 0 Å². The van der Waals surface area contributed by atoms with E-state index in [9.17, 15) is 24.0 Å². The first-order chi connectivity index (χ1) is 28.7. The second-order valence-electron chi connectivity index (χ2n) is 13.7. The van der Waals surface area contributed by atoms with Gasteiger partial charge in [-0.1, -0.05) is 13.2 Å². The van der Waals surface area contributed by atoms with E-state index in [2.05, 4.69) is 13.2 Å². The number of hydrogen-bond acceptors (Lipinski definition) is 14. The van der Waals surface area contributed by atoms with Gasteiger partial charge in [0.25, 0.3) is 0 Å². The molecule has 3 aromatic carbocycles. The third-order valence-corrected chi connectivity index (χ3v) is 9.40. The first-order valence-electron chi connectivity index (χ1n) is 19.8. The SMILES string of the molecule is C=CC(=O)OCCCCCCOc1ccc(C(=O)Oc2ccc(C(=O)O[C@H]3COC4C3OC[C@@H]4OC(=O)c3ccc(OCCCCCCOC(=O)C=C)cc3)cc2)cc1. The lowest BCUT2D eigenvalue weighted by atomic mass is 10.1. The van der Waals surface area contributed by atoms with E-state index in [4.69, 9.17) is 42.6 Å². The van der Waals surface area contributed by atoms with E-state index in [1.165, 1.54) is 24.3 Å². The molecule has 59 heavy (non-hydrogen) atoms. The average Bonchev–Trinajstić information content (AvgIpc) is 3.85. The second kappa shape index (κ2) is 23.4. The van der Waals surface area contributed by atoms with Gasteiger partial charge in [-0.15, -0.1) is 0 Å². The zero-order valence-corrected chi connectivity index (χ0v) is 32.9. The van der Waals surface area contributed by atoms with E-state index < -0.39 is 54.3 Å². The summed E-state index contributed by atoms with van der Waals surface area (Å²) in [6.45, 7) is 8.65. The van der Waals surface area contributed by atoms with Crippen LogP contribution in [0.5, 0.6) is 17.2 Å². The standard InChI is InChI=1S/C45H50O14/c1-3-39(46)53-27-11-7-5-9-25-51-34-19-13-31(14-20-34)43(48)57-36-23-17-33(18-24-36)45(50)59-38-30-56-41-37(29-55-42(38)41)58-44(49)32-15-21-35(22-16-32)52-26-10-6-8-12-28-54-40(47)4-2/h3-4,13-24,37-38,41-42H,1-2,5-12,25-30H2/t37-,38-,41?,42?/m0/s1. The normalized spacial score (nSPS) is 17.8. The van der Waals surface area contributed by atoms with Crippen LogP contribution in [-0.2, 0) is 38.0 Å². The molecule has 0 saturated carbocycles. The van der Waals surface area contributed by atoms with Gasteiger partial charge in [0.15, 0.2) is 12.2 Å². The lowest BCUT2D eigenvalue weighted by molar-refractivity contribution is -0.138. The van der Waals surface area contributed by atoms with Gasteiger partial charge in [0, 0.05) is 12.2 Å². The largest absolute Gasteiger partial charge is 0.494 e. The highest BCUT2D eigenvalue weighted by molar-refractivity contribution is 5.92. The highest BCUT2D eigenvalue weighted by Gasteiger charge is 2.51. The van der Waals surface area contributed by atoms with Gasteiger partial charge in [0.2, 0.25) is 0 Å². The molecule has 0 bridgehead atoms. The van der Waals surface area contributed by atoms with Crippen molar-refractivity contribution in [3.05, 3.63) is 115 Å². The van der Waals surface area contributed by atoms with E-state index in [1.54, 1.807) is 48.5 Å². The predicted molar refractivity (Wildman–Crippen MR) is 212 cm³/mol. The smallest absolute Gasteiger partial charge is 0.343 e. The maximum Gasteiger partial charge on any atom is 0.343 e. The second-order valence-corrected chi connectivity index (χ2v) is 13.7. The Kier molecular flexibility index (Phi) is 17.5. The van der Waals surface area contributed by atoms with Crippen molar-refractivity contribution in [2.24, 2.45) is 0 Å². The number of esters is 5. The molecule has 2 aliphatic heterocycles. The van der Waals surface area contributed by atoms with Gasteiger partial charge in [-0.2, -0.15) is 0 Å². The zero-order chi connectivity index (χ0) is 41.8. The number of rotatable bonds is 24. The molecule has 0 aromatic heterocycles. The van der Waals surface area contributed by atoms with Crippen molar-refractivity contribution >= 4 is 29.8 Å². The fourth-order valence-electron chi connectivity index (χ4n) is 6.20. The third kappa shape index (κ3) is 14.1. The first-order valence-corrected chi connectivity index (χ1v) is 19.8. The van der Waals surface area contributed by atoms with Crippen LogP contribution < -0.4 is 14.2 Å². The average molecular weight is 815 g/mol. The van der Waals surface area contributed by atoms with Crippen LogP contribution in [0.15, 0.2) is 98.1 Å². The highest BCUT2D eigenvalue weighted by Crippen LogP contribution is 2.32. The zero-order valence-electron chi connectivity index (χ0n) is 32.9. The molecule has 0 amide bonds. The number of benzene rings is 3. The van der Waals surface area contributed by atoms with Gasteiger partial charge in [-0.05, 0) is 124 Å². The van der Waals surface area contributed by atoms with Crippen molar-refractivity contribution in [2.75, 3.05) is 39.6 Å². The molecule has 0 radical (unpaired) electrons. The summed E-state index contributed by atoms with van der Waals surface area (Å²) in [7, 11) is 0. The van der Waals surface area contributed by atoms with Crippen LogP contribution in [0.2, 0.25) is 0 Å². The number of fused-ring (bicyclic) bond motifs is 1. The van der Waals surface area contributed by atoms with Crippen LogP contribution in [0, 0.1) is 0 Å². The van der Waals surface area contributed by atoms with E-state index in [0.29, 0.717) is 49.1 Å². The number of carbonyl (C=O) groups is 5. The molecule has 14 nitrogen and oxygen atoms in total. The fourth-order valence-corrected chi connectivity index (χ4v) is 6.20. The summed E-state index contributed by atoms with van der Waals surface area (Å²) < 4.78 is 50.0. The molecular weight excluding hydrogens is 764 g/mol. The first kappa shape index (κ1) is 44.1. The predicted octanol–water partition coefficient (Wildman–Crippen LogP) is 6.79. The number of carbonyl (C=O) groups excluding carboxylic acids is 5. The van der Waals surface area contributed by atoms with Crippen molar-refractivity contribution in [2.45, 2.75) is 75.8 Å². The molecule has 4 atom stereocenters. The van der Waals surface area contributed by atoms with Crippen molar-refractivity contribution in [1.82, 2.24) is 0 Å². The molecule has 2 fully saturated rings. The topological polar surface area (TPSA) is 168 Å². The van der Waals surface area contributed by atoms with Gasteiger partial charge >= 0.3 is 29.8 Å². The molecule has 2 unspecified atom stereocenters. The summed E-state index contributed by atoms with van der Waals surface area (Å²) in [6.07, 6.45) is 6.57. The lowest BCUT2D eigenvalue weighted by Crippen LogP contribution is -2.36. The monoisotopic (exact) mass is 814 g/mol.